The van der Waals surface area contributed by atoms with Gasteiger partial charge in [0.25, 0.3) is 0 Å². The minimum Gasteiger partial charge on any atom is -0.234 e. The summed E-state index contributed by atoms with van der Waals surface area (Å²) in [6.45, 7) is 4.34. The van der Waals surface area contributed by atoms with E-state index in [0.717, 1.165) is 18.7 Å². The summed E-state index contributed by atoms with van der Waals surface area (Å²) in [7, 11) is -0.472. The predicted octanol–water partition coefficient (Wildman–Crippen LogP) is 4.86. The van der Waals surface area contributed by atoms with Crippen molar-refractivity contribution < 1.29 is 4.39 Å². The summed E-state index contributed by atoms with van der Waals surface area (Å²) in [5, 5.41) is -1.00. The Kier molecular flexibility index (Phi) is 5.53. The number of rotatable bonds is 6. The van der Waals surface area contributed by atoms with E-state index in [-0.39, 0.29) is 0 Å². The highest BCUT2D eigenvalue weighted by Crippen LogP contribution is 2.55. The van der Waals surface area contributed by atoms with Gasteiger partial charge >= 0.3 is 0 Å². The van der Waals surface area contributed by atoms with Gasteiger partial charge in [0.1, 0.15) is 0 Å². The van der Waals surface area contributed by atoms with Crippen LogP contribution in [0.5, 0.6) is 0 Å². The molecule has 0 aliphatic heterocycles. The first-order valence-electron chi connectivity index (χ1n) is 6.01. The molecule has 0 fully saturated rings. The molecule has 1 aliphatic rings. The van der Waals surface area contributed by atoms with Crippen LogP contribution < -0.4 is 0 Å². The van der Waals surface area contributed by atoms with Gasteiger partial charge in [0, 0.05) is 6.42 Å². The molecule has 1 aliphatic carbocycles. The minimum atomic E-state index is -1.00. The molecule has 0 radical (unpaired) electrons. The average molecular weight is 228 g/mol. The zero-order valence-electron chi connectivity index (χ0n) is 9.88. The second-order valence-corrected chi connectivity index (χ2v) is 6.87. The largest absolute Gasteiger partial charge is 0.234 e. The smallest absolute Gasteiger partial charge is 0.151 e. The Morgan fingerprint density at radius 3 is 2.53 bits per heavy atom. The van der Waals surface area contributed by atoms with Crippen molar-refractivity contribution >= 4 is 7.92 Å². The van der Waals surface area contributed by atoms with E-state index < -0.39 is 13.3 Å². The molecule has 2 heteroatoms. The van der Waals surface area contributed by atoms with Crippen LogP contribution in [0.2, 0.25) is 0 Å². The van der Waals surface area contributed by atoms with Crippen molar-refractivity contribution in [3.05, 3.63) is 24.3 Å². The maximum absolute atomic E-state index is 14.6. The van der Waals surface area contributed by atoms with Crippen molar-refractivity contribution in [3.63, 3.8) is 0 Å². The minimum absolute atomic E-state index is 0.472. The molecule has 0 amide bonds. The van der Waals surface area contributed by atoms with E-state index in [1.165, 1.54) is 12.8 Å². The third kappa shape index (κ3) is 3.72. The van der Waals surface area contributed by atoms with E-state index in [9.17, 15) is 4.39 Å². The normalized spacial score (nSPS) is 26.9. The van der Waals surface area contributed by atoms with E-state index >= 15 is 0 Å². The highest BCUT2D eigenvalue weighted by Gasteiger charge is 2.34. The lowest BCUT2D eigenvalue weighted by molar-refractivity contribution is 0.347. The number of halogens is 1. The molecule has 0 saturated carbocycles. The summed E-state index contributed by atoms with van der Waals surface area (Å²) in [5.41, 5.74) is 0. The van der Waals surface area contributed by atoms with Gasteiger partial charge in [-0.25, -0.2) is 4.39 Å². The summed E-state index contributed by atoms with van der Waals surface area (Å²) < 4.78 is 14.6. The molecule has 86 valence electrons. The van der Waals surface area contributed by atoms with Crippen LogP contribution >= 0.6 is 7.92 Å². The Labute approximate surface area is 94.4 Å². The number of alkyl halides is 1. The number of hydrogen-bond acceptors (Lipinski definition) is 0. The Balaban J connectivity index is 2.60. The van der Waals surface area contributed by atoms with Crippen molar-refractivity contribution in [2.45, 2.75) is 44.9 Å². The maximum atomic E-state index is 14.6. The number of allylic oxidation sites excluding steroid dienone is 4. The molecule has 0 nitrogen and oxygen atoms in total. The average Bonchev–Trinajstić information content (AvgIpc) is 2.25. The van der Waals surface area contributed by atoms with Crippen molar-refractivity contribution in [1.82, 2.24) is 0 Å². The van der Waals surface area contributed by atoms with E-state index in [2.05, 4.69) is 13.8 Å². The lowest BCUT2D eigenvalue weighted by Gasteiger charge is -2.32. The highest BCUT2D eigenvalue weighted by molar-refractivity contribution is 7.59. The van der Waals surface area contributed by atoms with Gasteiger partial charge < -0.3 is 0 Å². The lowest BCUT2D eigenvalue weighted by atomic mass is 10.1. The van der Waals surface area contributed by atoms with Crippen molar-refractivity contribution in [1.29, 1.82) is 0 Å². The zero-order chi connectivity index (χ0) is 11.1. The fourth-order valence-corrected chi connectivity index (χ4v) is 4.79. The third-order valence-electron chi connectivity index (χ3n) is 2.80. The van der Waals surface area contributed by atoms with Crippen molar-refractivity contribution in [2.24, 2.45) is 0 Å². The van der Waals surface area contributed by atoms with Gasteiger partial charge in [0.05, 0.1) is 0 Å². The summed E-state index contributed by atoms with van der Waals surface area (Å²) in [5.74, 6) is 0. The van der Waals surface area contributed by atoms with Gasteiger partial charge in [-0.05, 0) is 24.8 Å². The highest BCUT2D eigenvalue weighted by atomic mass is 31.1. The van der Waals surface area contributed by atoms with Crippen LogP contribution in [0.25, 0.3) is 0 Å². The molecule has 0 N–H and O–H groups in total. The second kappa shape index (κ2) is 6.43. The quantitative estimate of drug-likeness (QED) is 0.569. The fraction of sp³-hybridized carbons (Fsp3) is 0.692. The van der Waals surface area contributed by atoms with Gasteiger partial charge in [-0.15, -0.1) is 0 Å². The maximum Gasteiger partial charge on any atom is 0.151 e. The SMILES string of the molecule is CCCCP(CCC)C1(F)C=CC=CC1. The summed E-state index contributed by atoms with van der Waals surface area (Å²) >= 11 is 0. The number of unbranched alkanes of at least 4 members (excludes halogenated alkanes) is 1. The van der Waals surface area contributed by atoms with E-state index in [0.29, 0.717) is 6.42 Å². The van der Waals surface area contributed by atoms with Gasteiger partial charge in [0.15, 0.2) is 5.41 Å². The Morgan fingerprint density at radius 2 is 2.00 bits per heavy atom. The van der Waals surface area contributed by atoms with Crippen LogP contribution in [0.15, 0.2) is 24.3 Å². The topological polar surface area (TPSA) is 0 Å². The molecule has 0 saturated heterocycles. The first-order chi connectivity index (χ1) is 7.23. The third-order valence-corrected chi connectivity index (χ3v) is 6.03. The Bertz CT molecular complexity index is 235. The summed E-state index contributed by atoms with van der Waals surface area (Å²) in [4.78, 5) is 0. The van der Waals surface area contributed by atoms with E-state index in [1.54, 1.807) is 6.08 Å². The van der Waals surface area contributed by atoms with Gasteiger partial charge in [-0.2, -0.15) is 0 Å². The van der Waals surface area contributed by atoms with Gasteiger partial charge in [-0.3, -0.25) is 0 Å². The molecule has 15 heavy (non-hydrogen) atoms. The predicted molar refractivity (Wildman–Crippen MR) is 68.6 cm³/mol. The lowest BCUT2D eigenvalue weighted by Crippen LogP contribution is -2.21. The molecular formula is C13H22FP. The monoisotopic (exact) mass is 228 g/mol. The fourth-order valence-electron chi connectivity index (χ4n) is 1.92. The van der Waals surface area contributed by atoms with Crippen molar-refractivity contribution in [3.8, 4) is 0 Å². The Hall–Kier alpha value is -0.160. The second-order valence-electron chi connectivity index (χ2n) is 4.15. The van der Waals surface area contributed by atoms with Crippen LogP contribution in [0.4, 0.5) is 4.39 Å². The molecule has 2 atom stereocenters. The molecule has 0 aromatic rings. The Morgan fingerprint density at radius 1 is 1.20 bits per heavy atom. The van der Waals surface area contributed by atoms with Crippen molar-refractivity contribution in [2.75, 3.05) is 12.3 Å². The molecule has 0 spiro atoms. The van der Waals surface area contributed by atoms with E-state index in [4.69, 9.17) is 0 Å². The van der Waals surface area contributed by atoms with Gasteiger partial charge in [0.2, 0.25) is 0 Å². The van der Waals surface area contributed by atoms with Gasteiger partial charge in [-0.1, -0.05) is 52.8 Å². The molecular weight excluding hydrogens is 206 g/mol. The molecule has 0 bridgehead atoms. The number of hydrogen-bond donors (Lipinski definition) is 0. The molecule has 0 aromatic heterocycles. The molecule has 1 rings (SSSR count). The van der Waals surface area contributed by atoms with Crippen LogP contribution in [0.1, 0.15) is 39.5 Å². The first kappa shape index (κ1) is 12.9. The van der Waals surface area contributed by atoms with Crippen LogP contribution in [0.3, 0.4) is 0 Å². The molecule has 2 unspecified atom stereocenters. The summed E-state index contributed by atoms with van der Waals surface area (Å²) in [6, 6.07) is 0. The summed E-state index contributed by atoms with van der Waals surface area (Å²) in [6.07, 6.45) is 13.8. The van der Waals surface area contributed by atoms with Crippen LogP contribution in [-0.4, -0.2) is 17.7 Å². The standard InChI is InChI=1S/C13H22FP/c1-3-5-12-15(11-4-2)13(14)9-7-6-8-10-13/h6-9H,3-5,10-12H2,1-2H3. The molecule has 0 aromatic carbocycles. The first-order valence-corrected chi connectivity index (χ1v) is 7.72. The zero-order valence-corrected chi connectivity index (χ0v) is 10.8. The van der Waals surface area contributed by atoms with Crippen LogP contribution in [-0.2, 0) is 0 Å². The molecule has 0 heterocycles. The van der Waals surface area contributed by atoms with Crippen LogP contribution in [0, 0.1) is 0 Å². The van der Waals surface area contributed by atoms with E-state index in [1.807, 2.05) is 18.2 Å².